The summed E-state index contributed by atoms with van der Waals surface area (Å²) >= 11 is 0. The summed E-state index contributed by atoms with van der Waals surface area (Å²) in [4.78, 5) is 0. The van der Waals surface area contributed by atoms with Crippen LogP contribution in [0.5, 0.6) is 0 Å². The Kier molecular flexibility index (Phi) is 9.72. The van der Waals surface area contributed by atoms with Crippen LogP contribution < -0.4 is 0 Å². The van der Waals surface area contributed by atoms with Gasteiger partial charge in [-0.1, -0.05) is 13.3 Å². The number of unbranched alkanes of at least 4 members (excludes halogenated alkanes) is 2. The molecule has 0 bridgehead atoms. The molecule has 0 saturated carbocycles. The Morgan fingerprint density at radius 3 is 1.81 bits per heavy atom. The fraction of sp³-hybridized carbons (Fsp3) is 1.00. The van der Waals surface area contributed by atoms with E-state index in [9.17, 15) is 13.2 Å². The van der Waals surface area contributed by atoms with Crippen LogP contribution >= 0.6 is 0 Å². The molecule has 0 N–H and O–H groups in total. The van der Waals surface area contributed by atoms with E-state index in [1.807, 2.05) is 0 Å². The third kappa shape index (κ3) is 13.7. The summed E-state index contributed by atoms with van der Waals surface area (Å²) < 4.78 is 45.3. The molecular weight excluding hydrogens is 221 g/mol. The molecule has 0 aliphatic heterocycles. The second-order valence-electron chi connectivity index (χ2n) is 3.65. The molecule has 0 aliphatic rings. The van der Waals surface area contributed by atoms with E-state index < -0.39 is 12.6 Å². The van der Waals surface area contributed by atoms with Gasteiger partial charge in [-0.2, -0.15) is 13.2 Å². The van der Waals surface area contributed by atoms with E-state index in [0.717, 1.165) is 32.3 Å². The maximum absolute atomic E-state index is 11.7. The van der Waals surface area contributed by atoms with Crippen molar-refractivity contribution in [2.75, 3.05) is 26.4 Å². The quantitative estimate of drug-likeness (QED) is 0.545. The van der Waals surface area contributed by atoms with Crippen molar-refractivity contribution in [2.24, 2.45) is 0 Å². The summed E-state index contributed by atoms with van der Waals surface area (Å²) in [6.07, 6.45) is -1.20. The van der Waals surface area contributed by atoms with Crippen molar-refractivity contribution in [3.8, 4) is 0 Å². The number of hydrogen-bond donors (Lipinski definition) is 0. The van der Waals surface area contributed by atoms with Crippen LogP contribution in [0.3, 0.4) is 0 Å². The highest BCUT2D eigenvalue weighted by Gasteiger charge is 2.26. The maximum Gasteiger partial charge on any atom is 0.391 e. The molecule has 0 atom stereocenters. The Balaban J connectivity index is 2.99. The minimum Gasteiger partial charge on any atom is -0.381 e. The van der Waals surface area contributed by atoms with Gasteiger partial charge in [-0.15, -0.1) is 0 Å². The van der Waals surface area contributed by atoms with Gasteiger partial charge in [0.1, 0.15) is 0 Å². The first-order valence-electron chi connectivity index (χ1n) is 5.78. The molecule has 5 heteroatoms. The average Bonchev–Trinajstić information content (AvgIpc) is 2.19. The van der Waals surface area contributed by atoms with E-state index in [2.05, 4.69) is 6.92 Å². The van der Waals surface area contributed by atoms with Crippen LogP contribution in [0, 0.1) is 0 Å². The first-order valence-corrected chi connectivity index (χ1v) is 5.78. The Morgan fingerprint density at radius 2 is 1.31 bits per heavy atom. The lowest BCUT2D eigenvalue weighted by Gasteiger charge is -2.07. The first kappa shape index (κ1) is 15.7. The van der Waals surface area contributed by atoms with Gasteiger partial charge in [0.05, 0.1) is 13.0 Å². The van der Waals surface area contributed by atoms with Crippen molar-refractivity contribution < 1.29 is 22.6 Å². The molecule has 0 rings (SSSR count). The van der Waals surface area contributed by atoms with Crippen LogP contribution in [-0.2, 0) is 9.47 Å². The Labute approximate surface area is 95.1 Å². The zero-order chi connectivity index (χ0) is 12.3. The summed E-state index contributed by atoms with van der Waals surface area (Å²) in [5, 5.41) is 0. The van der Waals surface area contributed by atoms with Crippen LogP contribution in [-0.4, -0.2) is 32.6 Å². The molecule has 0 aromatic rings. The SMILES string of the molecule is CCCCOCCCCOCCC(F)(F)F. The molecular formula is C11H21F3O2. The number of alkyl halides is 3. The molecule has 0 saturated heterocycles. The van der Waals surface area contributed by atoms with Gasteiger partial charge in [-0.3, -0.25) is 0 Å². The van der Waals surface area contributed by atoms with Gasteiger partial charge < -0.3 is 9.47 Å². The molecule has 0 aromatic heterocycles. The Bertz CT molecular complexity index is 149. The molecule has 0 spiro atoms. The summed E-state index contributed by atoms with van der Waals surface area (Å²) in [6.45, 7) is 3.68. The van der Waals surface area contributed by atoms with Crippen molar-refractivity contribution in [2.45, 2.75) is 45.2 Å². The lowest BCUT2D eigenvalue weighted by molar-refractivity contribution is -0.145. The second kappa shape index (κ2) is 9.90. The highest BCUT2D eigenvalue weighted by atomic mass is 19.4. The molecule has 0 heterocycles. The zero-order valence-corrected chi connectivity index (χ0v) is 9.81. The maximum atomic E-state index is 11.7. The zero-order valence-electron chi connectivity index (χ0n) is 9.81. The smallest absolute Gasteiger partial charge is 0.381 e. The van der Waals surface area contributed by atoms with E-state index in [4.69, 9.17) is 9.47 Å². The molecule has 0 amide bonds. The fourth-order valence-corrected chi connectivity index (χ4v) is 1.05. The summed E-state index contributed by atoms with van der Waals surface area (Å²) in [5.74, 6) is 0. The van der Waals surface area contributed by atoms with Gasteiger partial charge in [-0.25, -0.2) is 0 Å². The lowest BCUT2D eigenvalue weighted by atomic mass is 10.3. The number of rotatable bonds is 10. The average molecular weight is 242 g/mol. The van der Waals surface area contributed by atoms with E-state index >= 15 is 0 Å². The topological polar surface area (TPSA) is 18.5 Å². The van der Waals surface area contributed by atoms with E-state index in [-0.39, 0.29) is 6.61 Å². The van der Waals surface area contributed by atoms with Crippen molar-refractivity contribution in [1.82, 2.24) is 0 Å². The summed E-state index contributed by atoms with van der Waals surface area (Å²) in [7, 11) is 0. The predicted molar refractivity (Wildman–Crippen MR) is 56.5 cm³/mol. The molecule has 0 aromatic carbocycles. The summed E-state index contributed by atoms with van der Waals surface area (Å²) in [6, 6.07) is 0. The fourth-order valence-electron chi connectivity index (χ4n) is 1.05. The molecule has 2 nitrogen and oxygen atoms in total. The second-order valence-corrected chi connectivity index (χ2v) is 3.65. The van der Waals surface area contributed by atoms with Gasteiger partial charge >= 0.3 is 6.18 Å². The molecule has 16 heavy (non-hydrogen) atoms. The third-order valence-electron chi connectivity index (χ3n) is 2.00. The van der Waals surface area contributed by atoms with E-state index in [1.54, 1.807) is 0 Å². The van der Waals surface area contributed by atoms with Gasteiger partial charge in [-0.05, 0) is 19.3 Å². The van der Waals surface area contributed by atoms with Crippen LogP contribution in [0.2, 0.25) is 0 Å². The van der Waals surface area contributed by atoms with Crippen molar-refractivity contribution in [3.05, 3.63) is 0 Å². The van der Waals surface area contributed by atoms with Crippen LogP contribution in [0.15, 0.2) is 0 Å². The molecule has 0 aliphatic carbocycles. The largest absolute Gasteiger partial charge is 0.391 e. The van der Waals surface area contributed by atoms with Gasteiger partial charge in [0.15, 0.2) is 0 Å². The first-order chi connectivity index (χ1) is 7.56. The van der Waals surface area contributed by atoms with E-state index in [1.165, 1.54) is 0 Å². The van der Waals surface area contributed by atoms with Crippen LogP contribution in [0.4, 0.5) is 13.2 Å². The van der Waals surface area contributed by atoms with Crippen molar-refractivity contribution in [1.29, 1.82) is 0 Å². The van der Waals surface area contributed by atoms with Gasteiger partial charge in [0.2, 0.25) is 0 Å². The minimum absolute atomic E-state index is 0.236. The number of ether oxygens (including phenoxy) is 2. The standard InChI is InChI=1S/C11H21F3O2/c1-2-3-7-15-8-4-5-9-16-10-6-11(12,13)14/h2-10H2,1H3. The monoisotopic (exact) mass is 242 g/mol. The van der Waals surface area contributed by atoms with E-state index in [0.29, 0.717) is 13.2 Å². The van der Waals surface area contributed by atoms with Crippen LogP contribution in [0.1, 0.15) is 39.0 Å². The lowest BCUT2D eigenvalue weighted by Crippen LogP contribution is -2.12. The highest BCUT2D eigenvalue weighted by Crippen LogP contribution is 2.18. The molecule has 98 valence electrons. The molecule has 0 fully saturated rings. The normalized spacial score (nSPS) is 12.0. The third-order valence-corrected chi connectivity index (χ3v) is 2.00. The van der Waals surface area contributed by atoms with Crippen LogP contribution in [0.25, 0.3) is 0 Å². The van der Waals surface area contributed by atoms with Gasteiger partial charge in [0.25, 0.3) is 0 Å². The summed E-state index contributed by atoms with van der Waals surface area (Å²) in [5.41, 5.74) is 0. The van der Waals surface area contributed by atoms with Gasteiger partial charge in [0, 0.05) is 19.8 Å². The predicted octanol–water partition coefficient (Wildman–Crippen LogP) is 3.55. The molecule has 0 unspecified atom stereocenters. The Hall–Kier alpha value is -0.290. The number of hydrogen-bond acceptors (Lipinski definition) is 2. The van der Waals surface area contributed by atoms with Crippen molar-refractivity contribution in [3.63, 3.8) is 0 Å². The highest BCUT2D eigenvalue weighted by molar-refractivity contribution is 4.48. The number of halogens is 3. The Morgan fingerprint density at radius 1 is 0.812 bits per heavy atom. The van der Waals surface area contributed by atoms with Crippen molar-refractivity contribution >= 4 is 0 Å². The molecule has 0 radical (unpaired) electrons. The minimum atomic E-state index is -4.11.